The van der Waals surface area contributed by atoms with Crippen molar-refractivity contribution in [2.24, 2.45) is 0 Å². The summed E-state index contributed by atoms with van der Waals surface area (Å²) in [6, 6.07) is 18.9. The maximum Gasteiger partial charge on any atom is 0.0266 e. The van der Waals surface area contributed by atoms with Gasteiger partial charge in [0.05, 0.1) is 0 Å². The second kappa shape index (κ2) is 6.87. The topological polar surface area (TPSA) is 0 Å². The second-order valence-electron chi connectivity index (χ2n) is 3.55. The lowest BCUT2D eigenvalue weighted by atomic mass is 10.2. The SMILES string of the molecule is Ic1ccccc1SC/C=C/c1ccccc1. The van der Waals surface area contributed by atoms with E-state index in [1.807, 2.05) is 17.8 Å². The predicted molar refractivity (Wildman–Crippen MR) is 85.4 cm³/mol. The Bertz CT molecular complexity index is 491. The standard InChI is InChI=1S/C15H13IS/c16-14-10-4-5-11-15(14)17-12-6-9-13-7-2-1-3-8-13/h1-11H,12H2/b9-6+. The third kappa shape index (κ3) is 4.21. The van der Waals surface area contributed by atoms with Crippen molar-refractivity contribution in [1.29, 1.82) is 0 Å². The van der Waals surface area contributed by atoms with E-state index in [-0.39, 0.29) is 0 Å². The van der Waals surface area contributed by atoms with Crippen LogP contribution in [0.3, 0.4) is 0 Å². The molecule has 0 spiro atoms. The van der Waals surface area contributed by atoms with E-state index in [1.54, 1.807) is 0 Å². The summed E-state index contributed by atoms with van der Waals surface area (Å²) in [4.78, 5) is 1.35. The Balaban J connectivity index is 1.88. The fourth-order valence-electron chi connectivity index (χ4n) is 1.45. The number of halogens is 1. The van der Waals surface area contributed by atoms with Gasteiger partial charge in [-0.15, -0.1) is 11.8 Å². The normalized spacial score (nSPS) is 10.9. The Hall–Kier alpha value is -0.740. The maximum absolute atomic E-state index is 2.38. The van der Waals surface area contributed by atoms with Gasteiger partial charge in [-0.3, -0.25) is 0 Å². The van der Waals surface area contributed by atoms with E-state index in [0.717, 1.165) is 5.75 Å². The fraction of sp³-hybridized carbons (Fsp3) is 0.0667. The van der Waals surface area contributed by atoms with Crippen molar-refractivity contribution in [2.75, 3.05) is 5.75 Å². The van der Waals surface area contributed by atoms with Crippen molar-refractivity contribution >= 4 is 40.4 Å². The van der Waals surface area contributed by atoms with E-state index >= 15 is 0 Å². The highest BCUT2D eigenvalue weighted by Crippen LogP contribution is 2.23. The smallest absolute Gasteiger partial charge is 0.0266 e. The van der Waals surface area contributed by atoms with Gasteiger partial charge in [0.2, 0.25) is 0 Å². The summed E-state index contributed by atoms with van der Waals surface area (Å²) in [5, 5.41) is 0. The molecule has 86 valence electrons. The first-order valence-corrected chi connectivity index (χ1v) is 7.51. The van der Waals surface area contributed by atoms with E-state index in [2.05, 4.69) is 83.3 Å². The Kier molecular flexibility index (Phi) is 5.13. The zero-order valence-corrected chi connectivity index (χ0v) is 12.3. The molecule has 0 aliphatic rings. The average molecular weight is 352 g/mol. The predicted octanol–water partition coefficient (Wildman–Crippen LogP) is 5.10. The lowest BCUT2D eigenvalue weighted by molar-refractivity contribution is 1.40. The third-order valence-electron chi connectivity index (χ3n) is 2.28. The van der Waals surface area contributed by atoms with Crippen molar-refractivity contribution < 1.29 is 0 Å². The van der Waals surface area contributed by atoms with Gasteiger partial charge in [-0.2, -0.15) is 0 Å². The molecule has 0 atom stereocenters. The zero-order chi connectivity index (χ0) is 11.9. The number of hydrogen-bond donors (Lipinski definition) is 0. The largest absolute Gasteiger partial charge is 0.121 e. The molecule has 2 rings (SSSR count). The molecule has 0 bridgehead atoms. The van der Waals surface area contributed by atoms with Gasteiger partial charge < -0.3 is 0 Å². The molecule has 0 amide bonds. The molecule has 0 radical (unpaired) electrons. The van der Waals surface area contributed by atoms with Gasteiger partial charge in [-0.25, -0.2) is 0 Å². The molecular formula is C15H13IS. The van der Waals surface area contributed by atoms with Crippen LogP contribution in [-0.2, 0) is 0 Å². The van der Waals surface area contributed by atoms with Crippen LogP contribution in [0, 0.1) is 3.57 Å². The Morgan fingerprint density at radius 1 is 0.941 bits per heavy atom. The molecule has 17 heavy (non-hydrogen) atoms. The first kappa shape index (κ1) is 12.7. The van der Waals surface area contributed by atoms with Gasteiger partial charge in [0.15, 0.2) is 0 Å². The van der Waals surface area contributed by atoms with Crippen LogP contribution in [0.25, 0.3) is 6.08 Å². The number of benzene rings is 2. The molecule has 0 N–H and O–H groups in total. The van der Waals surface area contributed by atoms with Crippen LogP contribution in [-0.4, -0.2) is 5.75 Å². The summed E-state index contributed by atoms with van der Waals surface area (Å²) in [6.45, 7) is 0. The van der Waals surface area contributed by atoms with Gasteiger partial charge in [-0.05, 0) is 40.3 Å². The number of hydrogen-bond acceptors (Lipinski definition) is 1. The lowest BCUT2D eigenvalue weighted by Gasteiger charge is -2.00. The number of thioether (sulfide) groups is 1. The summed E-state index contributed by atoms with van der Waals surface area (Å²) < 4.78 is 1.32. The first-order valence-electron chi connectivity index (χ1n) is 5.45. The highest BCUT2D eigenvalue weighted by molar-refractivity contribution is 14.1. The van der Waals surface area contributed by atoms with Gasteiger partial charge in [0.25, 0.3) is 0 Å². The minimum atomic E-state index is 1.01. The van der Waals surface area contributed by atoms with Crippen molar-refractivity contribution in [3.63, 3.8) is 0 Å². The summed E-state index contributed by atoms with van der Waals surface area (Å²) in [5.74, 6) is 1.01. The molecule has 0 nitrogen and oxygen atoms in total. The van der Waals surface area contributed by atoms with E-state index in [9.17, 15) is 0 Å². The molecule has 0 saturated carbocycles. The van der Waals surface area contributed by atoms with E-state index in [4.69, 9.17) is 0 Å². The molecule has 0 heterocycles. The Morgan fingerprint density at radius 2 is 1.65 bits per heavy atom. The van der Waals surface area contributed by atoms with Crippen molar-refractivity contribution in [2.45, 2.75) is 4.90 Å². The van der Waals surface area contributed by atoms with Crippen LogP contribution < -0.4 is 0 Å². The van der Waals surface area contributed by atoms with Crippen LogP contribution in [0.1, 0.15) is 5.56 Å². The summed E-state index contributed by atoms with van der Waals surface area (Å²) in [6.07, 6.45) is 4.38. The molecule has 0 fully saturated rings. The van der Waals surface area contributed by atoms with Crippen LogP contribution in [0.2, 0.25) is 0 Å². The molecule has 0 unspecified atom stereocenters. The van der Waals surface area contributed by atoms with Crippen LogP contribution in [0.15, 0.2) is 65.6 Å². The molecule has 0 aromatic heterocycles. The third-order valence-corrected chi connectivity index (χ3v) is 4.61. The van der Waals surface area contributed by atoms with E-state index < -0.39 is 0 Å². The minimum Gasteiger partial charge on any atom is -0.121 e. The van der Waals surface area contributed by atoms with Crippen molar-refractivity contribution in [3.8, 4) is 0 Å². The van der Waals surface area contributed by atoms with Crippen LogP contribution >= 0.6 is 34.4 Å². The highest BCUT2D eigenvalue weighted by atomic mass is 127. The van der Waals surface area contributed by atoms with Gasteiger partial charge in [-0.1, -0.05) is 54.6 Å². The van der Waals surface area contributed by atoms with Crippen molar-refractivity contribution in [3.05, 3.63) is 69.8 Å². The van der Waals surface area contributed by atoms with Gasteiger partial charge >= 0.3 is 0 Å². The van der Waals surface area contributed by atoms with E-state index in [0.29, 0.717) is 0 Å². The molecule has 2 aromatic rings. The monoisotopic (exact) mass is 352 g/mol. The summed E-state index contributed by atoms with van der Waals surface area (Å²) in [5.41, 5.74) is 1.26. The maximum atomic E-state index is 2.38. The summed E-state index contributed by atoms with van der Waals surface area (Å²) in [7, 11) is 0. The highest BCUT2D eigenvalue weighted by Gasteiger charge is 1.96. The van der Waals surface area contributed by atoms with Crippen molar-refractivity contribution in [1.82, 2.24) is 0 Å². The fourth-order valence-corrected chi connectivity index (χ4v) is 3.06. The second-order valence-corrected chi connectivity index (χ2v) is 5.78. The molecule has 2 aromatic carbocycles. The van der Waals surface area contributed by atoms with Crippen LogP contribution in [0.5, 0.6) is 0 Å². The first-order chi connectivity index (χ1) is 8.36. The Labute approximate surface area is 120 Å². The molecule has 0 saturated heterocycles. The van der Waals surface area contributed by atoms with Gasteiger partial charge in [0.1, 0.15) is 0 Å². The molecular weight excluding hydrogens is 339 g/mol. The summed E-state index contributed by atoms with van der Waals surface area (Å²) >= 11 is 4.25. The Morgan fingerprint density at radius 3 is 2.41 bits per heavy atom. The molecule has 2 heteroatoms. The van der Waals surface area contributed by atoms with Gasteiger partial charge in [0, 0.05) is 14.2 Å². The van der Waals surface area contributed by atoms with E-state index in [1.165, 1.54) is 14.0 Å². The minimum absolute atomic E-state index is 1.01. The van der Waals surface area contributed by atoms with Crippen LogP contribution in [0.4, 0.5) is 0 Å². The molecule has 0 aliphatic heterocycles. The quantitative estimate of drug-likeness (QED) is 0.545. The zero-order valence-electron chi connectivity index (χ0n) is 9.34. The molecule has 0 aliphatic carbocycles. The number of rotatable bonds is 4. The average Bonchev–Trinajstić information content (AvgIpc) is 2.38. The lowest BCUT2D eigenvalue weighted by Crippen LogP contribution is -1.79.